The number of benzene rings is 2. The van der Waals surface area contributed by atoms with Crippen molar-refractivity contribution in [1.82, 2.24) is 4.31 Å². The Balaban J connectivity index is 1.60. The Bertz CT molecular complexity index is 1000. The van der Waals surface area contributed by atoms with Gasteiger partial charge in [0.05, 0.1) is 30.9 Å². The Morgan fingerprint density at radius 1 is 1.20 bits per heavy atom. The summed E-state index contributed by atoms with van der Waals surface area (Å²) in [6.45, 7) is 3.38. The fourth-order valence-corrected chi connectivity index (χ4v) is 4.73. The first kappa shape index (κ1) is 22.6. The molecule has 1 aliphatic rings. The zero-order chi connectivity index (χ0) is 21.7. The van der Waals surface area contributed by atoms with E-state index >= 15 is 0 Å². The van der Waals surface area contributed by atoms with E-state index in [1.807, 2.05) is 6.92 Å². The zero-order valence-electron chi connectivity index (χ0n) is 17.0. The van der Waals surface area contributed by atoms with Gasteiger partial charge in [0.15, 0.2) is 0 Å². The van der Waals surface area contributed by atoms with E-state index in [9.17, 15) is 13.2 Å². The minimum absolute atomic E-state index is 0.167. The first-order chi connectivity index (χ1) is 14.3. The topological polar surface area (TPSA) is 84.9 Å². The number of nitrogens with one attached hydrogen (secondary N) is 1. The van der Waals surface area contributed by atoms with E-state index in [0.717, 1.165) is 11.1 Å². The van der Waals surface area contributed by atoms with Crippen LogP contribution in [-0.4, -0.2) is 52.0 Å². The van der Waals surface area contributed by atoms with Gasteiger partial charge in [-0.25, -0.2) is 8.42 Å². The van der Waals surface area contributed by atoms with Crippen molar-refractivity contribution in [3.8, 4) is 5.75 Å². The maximum absolute atomic E-state index is 12.7. The maximum atomic E-state index is 12.7. The number of methoxy groups -OCH3 is 1. The smallest absolute Gasteiger partial charge is 0.243 e. The first-order valence-electron chi connectivity index (χ1n) is 9.62. The summed E-state index contributed by atoms with van der Waals surface area (Å²) in [5, 5.41) is 3.41. The van der Waals surface area contributed by atoms with E-state index in [4.69, 9.17) is 21.1 Å². The maximum Gasteiger partial charge on any atom is 0.243 e. The van der Waals surface area contributed by atoms with E-state index in [1.54, 1.807) is 36.4 Å². The van der Waals surface area contributed by atoms with E-state index in [1.165, 1.54) is 11.4 Å². The van der Waals surface area contributed by atoms with Gasteiger partial charge in [0, 0.05) is 30.6 Å². The van der Waals surface area contributed by atoms with Crippen LogP contribution in [0.1, 0.15) is 17.5 Å². The van der Waals surface area contributed by atoms with E-state index < -0.39 is 10.0 Å². The van der Waals surface area contributed by atoms with E-state index in [0.29, 0.717) is 49.2 Å². The van der Waals surface area contributed by atoms with Crippen molar-refractivity contribution >= 4 is 33.2 Å². The van der Waals surface area contributed by atoms with Gasteiger partial charge in [-0.1, -0.05) is 23.7 Å². The Labute approximate surface area is 182 Å². The normalized spacial score (nSPS) is 15.0. The number of rotatable bonds is 7. The van der Waals surface area contributed by atoms with Crippen molar-refractivity contribution in [2.75, 3.05) is 38.7 Å². The summed E-state index contributed by atoms with van der Waals surface area (Å²) in [7, 11) is -2.00. The number of halogens is 1. The number of carbonyl (C=O) groups excluding carboxylic acids is 1. The molecular formula is C21H25ClN2O5S. The average molecular weight is 453 g/mol. The minimum Gasteiger partial charge on any atom is -0.495 e. The standard InChI is InChI=1S/C21H25ClN2O5S/c1-15-13-19(20(28-2)14-18(15)22)23-21(25)8-5-16-3-6-17(7-4-16)30(26,27)24-9-11-29-12-10-24/h3-4,6-7,13-14H,5,8-12H2,1-2H3,(H,23,25). The lowest BCUT2D eigenvalue weighted by Crippen LogP contribution is -2.40. The summed E-state index contributed by atoms with van der Waals surface area (Å²) >= 11 is 6.09. The van der Waals surface area contributed by atoms with Gasteiger partial charge >= 0.3 is 0 Å². The lowest BCUT2D eigenvalue weighted by Gasteiger charge is -2.26. The van der Waals surface area contributed by atoms with Crippen LogP contribution in [0.3, 0.4) is 0 Å². The molecular weight excluding hydrogens is 428 g/mol. The molecule has 2 aromatic rings. The van der Waals surface area contributed by atoms with Crippen LogP contribution >= 0.6 is 11.6 Å². The molecule has 2 aromatic carbocycles. The molecule has 0 atom stereocenters. The number of carbonyl (C=O) groups is 1. The molecule has 0 aromatic heterocycles. The Kier molecular flexibility index (Phi) is 7.36. The fraction of sp³-hybridized carbons (Fsp3) is 0.381. The second-order valence-corrected chi connectivity index (χ2v) is 9.36. The number of anilines is 1. The number of morpholine rings is 1. The number of hydrogen-bond donors (Lipinski definition) is 1. The van der Waals surface area contributed by atoms with Crippen LogP contribution in [0.25, 0.3) is 0 Å². The Hall–Kier alpha value is -2.13. The number of amides is 1. The molecule has 1 amide bonds. The monoisotopic (exact) mass is 452 g/mol. The zero-order valence-corrected chi connectivity index (χ0v) is 18.6. The van der Waals surface area contributed by atoms with Gasteiger partial charge in [-0.15, -0.1) is 0 Å². The van der Waals surface area contributed by atoms with Crippen molar-refractivity contribution in [3.63, 3.8) is 0 Å². The van der Waals surface area contributed by atoms with Crippen LogP contribution in [0.15, 0.2) is 41.3 Å². The Morgan fingerprint density at radius 3 is 2.50 bits per heavy atom. The minimum atomic E-state index is -3.52. The highest BCUT2D eigenvalue weighted by molar-refractivity contribution is 7.89. The van der Waals surface area contributed by atoms with Gasteiger partial charge in [-0.05, 0) is 42.7 Å². The summed E-state index contributed by atoms with van der Waals surface area (Å²) < 4.78 is 37.2. The predicted molar refractivity (Wildman–Crippen MR) is 116 cm³/mol. The summed E-state index contributed by atoms with van der Waals surface area (Å²) in [6.07, 6.45) is 0.735. The van der Waals surface area contributed by atoms with Crippen LogP contribution in [0.5, 0.6) is 5.75 Å². The third-order valence-corrected chi connectivity index (χ3v) is 7.25. The second-order valence-electron chi connectivity index (χ2n) is 7.01. The molecule has 3 rings (SSSR count). The highest BCUT2D eigenvalue weighted by atomic mass is 35.5. The van der Waals surface area contributed by atoms with Crippen molar-refractivity contribution in [1.29, 1.82) is 0 Å². The van der Waals surface area contributed by atoms with Crippen molar-refractivity contribution in [2.24, 2.45) is 0 Å². The Morgan fingerprint density at radius 2 is 1.87 bits per heavy atom. The number of nitrogens with zero attached hydrogens (tertiary/aromatic N) is 1. The molecule has 7 nitrogen and oxygen atoms in total. The predicted octanol–water partition coefficient (Wildman–Crippen LogP) is 3.25. The van der Waals surface area contributed by atoms with Crippen LogP contribution < -0.4 is 10.1 Å². The second kappa shape index (κ2) is 9.78. The lowest BCUT2D eigenvalue weighted by atomic mass is 10.1. The highest BCUT2D eigenvalue weighted by Gasteiger charge is 2.26. The largest absolute Gasteiger partial charge is 0.495 e. The lowest BCUT2D eigenvalue weighted by molar-refractivity contribution is -0.116. The molecule has 1 heterocycles. The van der Waals surface area contributed by atoms with Gasteiger partial charge in [0.1, 0.15) is 5.75 Å². The van der Waals surface area contributed by atoms with E-state index in [2.05, 4.69) is 5.32 Å². The van der Waals surface area contributed by atoms with Gasteiger partial charge in [-0.3, -0.25) is 4.79 Å². The molecule has 0 aliphatic carbocycles. The number of hydrogen-bond acceptors (Lipinski definition) is 5. The SMILES string of the molecule is COc1cc(Cl)c(C)cc1NC(=O)CCc1ccc(S(=O)(=O)N2CCOCC2)cc1. The molecule has 0 radical (unpaired) electrons. The molecule has 30 heavy (non-hydrogen) atoms. The highest BCUT2D eigenvalue weighted by Crippen LogP contribution is 2.31. The molecule has 162 valence electrons. The quantitative estimate of drug-likeness (QED) is 0.697. The molecule has 1 saturated heterocycles. The summed E-state index contributed by atoms with van der Waals surface area (Å²) in [6, 6.07) is 10.1. The summed E-state index contributed by atoms with van der Waals surface area (Å²) in [5.74, 6) is 0.330. The molecule has 1 fully saturated rings. The molecule has 0 bridgehead atoms. The molecule has 1 aliphatic heterocycles. The third-order valence-electron chi connectivity index (χ3n) is 4.93. The molecule has 9 heteroatoms. The molecule has 0 unspecified atom stereocenters. The average Bonchev–Trinajstić information content (AvgIpc) is 2.75. The van der Waals surface area contributed by atoms with Crippen molar-refractivity contribution < 1.29 is 22.7 Å². The van der Waals surface area contributed by atoms with Crippen LogP contribution in [0, 0.1) is 6.92 Å². The summed E-state index contributed by atoms with van der Waals surface area (Å²) in [5.41, 5.74) is 2.28. The first-order valence-corrected chi connectivity index (χ1v) is 11.4. The third kappa shape index (κ3) is 5.31. The van der Waals surface area contributed by atoms with Gasteiger partial charge in [0.2, 0.25) is 15.9 Å². The van der Waals surface area contributed by atoms with Gasteiger partial charge in [-0.2, -0.15) is 4.31 Å². The van der Waals surface area contributed by atoms with Crippen LogP contribution in [-0.2, 0) is 26.0 Å². The van der Waals surface area contributed by atoms with Gasteiger partial charge < -0.3 is 14.8 Å². The number of sulfonamides is 1. The molecule has 1 N–H and O–H groups in total. The number of ether oxygens (including phenoxy) is 2. The fourth-order valence-electron chi connectivity index (χ4n) is 3.16. The van der Waals surface area contributed by atoms with E-state index in [-0.39, 0.29) is 17.2 Å². The van der Waals surface area contributed by atoms with Crippen LogP contribution in [0.2, 0.25) is 5.02 Å². The van der Waals surface area contributed by atoms with Gasteiger partial charge in [0.25, 0.3) is 0 Å². The van der Waals surface area contributed by atoms with Crippen LogP contribution in [0.4, 0.5) is 5.69 Å². The summed E-state index contributed by atoms with van der Waals surface area (Å²) in [4.78, 5) is 12.6. The number of aryl methyl sites for hydroxylation is 2. The molecule has 0 spiro atoms. The van der Waals surface area contributed by atoms with Crippen molar-refractivity contribution in [2.45, 2.75) is 24.7 Å². The van der Waals surface area contributed by atoms with Crippen molar-refractivity contribution in [3.05, 3.63) is 52.5 Å². The molecule has 0 saturated carbocycles.